The Morgan fingerprint density at radius 3 is 2.08 bits per heavy atom. The second-order valence-electron chi connectivity index (χ2n) is 33.1. The van der Waals surface area contributed by atoms with Gasteiger partial charge in [0, 0.05) is 122 Å². The van der Waals surface area contributed by atoms with E-state index in [1.54, 1.807) is 51.8 Å². The summed E-state index contributed by atoms with van der Waals surface area (Å²) < 4.78 is 67.8. The number of aryl methyl sites for hydroxylation is 2. The molecule has 9 rings (SSSR count). The highest BCUT2D eigenvalue weighted by Gasteiger charge is 2.53. The van der Waals surface area contributed by atoms with E-state index < -0.39 is 95.7 Å². The number of ether oxygens (including phenoxy) is 10. The number of ketones is 2. The monoisotopic (exact) mass is 1740 g/mol. The van der Waals surface area contributed by atoms with Crippen molar-refractivity contribution in [1.29, 1.82) is 0 Å². The third-order valence-electron chi connectivity index (χ3n) is 23.7. The van der Waals surface area contributed by atoms with Crippen molar-refractivity contribution in [2.24, 2.45) is 35.3 Å². The summed E-state index contributed by atoms with van der Waals surface area (Å²) in [7, 11) is 4.72. The van der Waals surface area contributed by atoms with Gasteiger partial charge in [-0.25, -0.2) is 24.1 Å². The maximum atomic E-state index is 14.9. The largest absolute Gasteiger partial charge is 0.459 e. The number of esters is 1. The van der Waals surface area contributed by atoms with Crippen LogP contribution in [0.4, 0.5) is 11.8 Å². The fourth-order valence-corrected chi connectivity index (χ4v) is 16.5. The average Bonchev–Trinajstić information content (AvgIpc) is 1.54. The van der Waals surface area contributed by atoms with Gasteiger partial charge in [0.15, 0.2) is 17.0 Å². The molecule has 1 saturated carbocycles. The topological polar surface area (TPSA) is 490 Å². The van der Waals surface area contributed by atoms with Gasteiger partial charge in [0.2, 0.25) is 23.5 Å². The predicted molar refractivity (Wildman–Crippen MR) is 460 cm³/mol. The van der Waals surface area contributed by atoms with E-state index in [1.165, 1.54) is 18.3 Å². The number of oxazole rings is 1. The lowest BCUT2D eigenvalue weighted by Gasteiger charge is -2.43. The van der Waals surface area contributed by atoms with Crippen molar-refractivity contribution in [3.05, 3.63) is 84.0 Å². The summed E-state index contributed by atoms with van der Waals surface area (Å²) in [6.07, 6.45) is 16.4. The molecule has 36 nitrogen and oxygen atoms in total. The number of methoxy groups -OCH3 is 3. The van der Waals surface area contributed by atoms with Crippen molar-refractivity contribution in [2.45, 2.75) is 237 Å². The number of aliphatic hydroxyl groups is 3. The van der Waals surface area contributed by atoms with E-state index in [1.807, 2.05) is 74.2 Å². The molecule has 4 aromatic heterocycles. The number of hydrogen-bond donors (Lipinski definition) is 9. The summed E-state index contributed by atoms with van der Waals surface area (Å²) in [6.45, 7) is 15.4. The number of allylic oxidation sites excluding steroid dienone is 5. The Bertz CT molecular complexity index is 4360. The van der Waals surface area contributed by atoms with E-state index in [0.29, 0.717) is 195 Å². The van der Waals surface area contributed by atoms with Crippen LogP contribution in [0.3, 0.4) is 0 Å². The number of cyclic esters (lactones) is 1. The average molecular weight is 1740 g/mol. The van der Waals surface area contributed by atoms with Crippen molar-refractivity contribution >= 4 is 75.1 Å². The highest BCUT2D eigenvalue weighted by molar-refractivity contribution is 6.39. The fourth-order valence-electron chi connectivity index (χ4n) is 16.5. The molecule has 7 heterocycles. The van der Waals surface area contributed by atoms with E-state index in [2.05, 4.69) is 41.2 Å². The number of anilines is 2. The quantitative estimate of drug-likeness (QED) is 0.00910. The van der Waals surface area contributed by atoms with Crippen LogP contribution in [0.2, 0.25) is 0 Å². The Morgan fingerprint density at radius 1 is 0.710 bits per heavy atom. The summed E-state index contributed by atoms with van der Waals surface area (Å²) in [4.78, 5) is 109. The summed E-state index contributed by atoms with van der Waals surface area (Å²) in [6, 6.07) is 3.39. The zero-order valence-electron chi connectivity index (χ0n) is 73.5. The van der Waals surface area contributed by atoms with Gasteiger partial charge < -0.3 is 105 Å². The molecule has 16 atom stereocenters. The van der Waals surface area contributed by atoms with Gasteiger partial charge in [-0.3, -0.25) is 28.8 Å². The summed E-state index contributed by atoms with van der Waals surface area (Å²) >= 11 is 0. The van der Waals surface area contributed by atoms with Gasteiger partial charge >= 0.3 is 5.97 Å². The highest BCUT2D eigenvalue weighted by Crippen LogP contribution is 2.40. The number of nitrogens with one attached hydrogen (secondary N) is 3. The zero-order chi connectivity index (χ0) is 89.2. The molecule has 1 aromatic carbocycles. The second-order valence-corrected chi connectivity index (χ2v) is 33.1. The number of amides is 4. The molecule has 5 aromatic rings. The SMILES string of the molecule is CO[C@H]1C[C@@H]2CC[C@@H](C)[C@@](O)(O2)C(=O)C(=O)N2CCCC[C@H]2C(=O)O[C@H]([C@H](N)C[C@@H]2CC[C@H](n3cc(CCCC(=O)NCCOCCOCCOCCC(=O)NCCOCCOCCC(=O)NCCCCn4nc(-c5ccc6oc(N)nc6c5)c5c(N)ncnc54)nn3)[C@H](OC)C2)C[C@@H](OC)[C@H](C)/C=C(\C)[C@@H](O)[C@@H](O)C(=O)[C@H](C)C[C@H](C)/C=C/C=CC=C1C. The number of unbranched alkanes of at least 4 members (excludes halogenated alkanes) is 1. The third-order valence-corrected chi connectivity index (χ3v) is 23.7. The van der Waals surface area contributed by atoms with Crippen LogP contribution in [0, 0.1) is 29.6 Å². The van der Waals surface area contributed by atoms with Crippen molar-refractivity contribution < 1.29 is 101 Å². The van der Waals surface area contributed by atoms with Crippen molar-refractivity contribution in [1.82, 2.24) is 60.6 Å². The van der Waals surface area contributed by atoms with Crippen LogP contribution in [-0.2, 0) is 93.9 Å². The molecule has 124 heavy (non-hydrogen) atoms. The Balaban J connectivity index is 0.627. The van der Waals surface area contributed by atoms with Crippen molar-refractivity contribution in [3.8, 4) is 11.3 Å². The smallest absolute Gasteiger partial charge is 0.329 e. The second kappa shape index (κ2) is 50.5. The molecule has 4 aliphatic rings. The molecule has 3 fully saturated rings. The minimum atomic E-state index is -2.48. The van der Waals surface area contributed by atoms with Crippen LogP contribution in [-0.4, -0.2) is 275 Å². The molecule has 1 aliphatic carbocycles. The number of fused-ring (bicyclic) bond motifs is 5. The standard InChI is InChI=1S/C88H133N15O21/c1-55-18-11-10-12-19-56(2)70(114-7)51-64-26-23-60(6)88(113,124-64)82(110)85(111)101-34-15-13-21-68(101)86(112)122-72(52-71(115-8)57(3)47-59(5)80(108)81(109)79(107)58(4)46-55)65(89)48-61-24-27-67(73(49-61)116-9)103-53-63(98-100-103)20-17-22-74(104)93-32-38-120-43-45-121-44-41-118-37-30-76(106)94-33-39-119-42-40-117-36-29-75(105)92-31-14-16-35-102-84-77(83(90)95-54-96-84)78(99-102)62-25-28-69-66(50-62)97-87(91)123-69/h10-12,18-19,25,28,47,50,53-55,57-58,60-61,64-65,67-68,70-73,80-81,108-109,113H,13-17,20-24,26-27,29-46,48-49,51-52,89H2,1-9H3,(H2,91,97)(H,92,105)(H,93,104)(H,94,106)(H2,90,95,96)/b12-10?,18-11+,56-19?,59-47+/t55-,57-,58-,60-,61+,64+,65-,67+,68+,70+,71-,72+,73-,80-,81+,88-/m1/s1. The fraction of sp³-hybridized carbons (Fsp3) is 0.670. The molecule has 12 N–H and O–H groups in total. The Labute approximate surface area is 725 Å². The first-order valence-electron chi connectivity index (χ1n) is 43.8. The van der Waals surface area contributed by atoms with Gasteiger partial charge in [0.05, 0.1) is 108 Å². The lowest BCUT2D eigenvalue weighted by Crippen LogP contribution is -2.61. The number of nitrogens with two attached hydrogens (primary N) is 3. The van der Waals surface area contributed by atoms with E-state index in [0.717, 1.165) is 23.3 Å². The number of nitrogens with zero attached hydrogens (tertiary/aromatic N) is 9. The van der Waals surface area contributed by atoms with E-state index in [9.17, 15) is 48.9 Å². The number of piperidine rings is 1. The first-order valence-corrected chi connectivity index (χ1v) is 43.8. The van der Waals surface area contributed by atoms with Crippen LogP contribution < -0.4 is 33.2 Å². The number of Topliss-reactive ketones (excluding diaryl/α,β-unsaturated/α-hetero) is 2. The van der Waals surface area contributed by atoms with Crippen LogP contribution in [0.15, 0.2) is 82.7 Å². The molecular weight excluding hydrogens is 1600 g/mol. The molecule has 0 radical (unpaired) electrons. The van der Waals surface area contributed by atoms with E-state index in [4.69, 9.17) is 74.1 Å². The summed E-state index contributed by atoms with van der Waals surface area (Å²) in [5.74, 6) is -7.95. The van der Waals surface area contributed by atoms with Gasteiger partial charge in [-0.05, 0) is 145 Å². The number of benzene rings is 1. The van der Waals surface area contributed by atoms with Gasteiger partial charge in [-0.15, -0.1) is 5.10 Å². The minimum Gasteiger partial charge on any atom is -0.459 e. The Kier molecular flexibility index (Phi) is 40.2. The molecule has 2 bridgehead atoms. The number of aliphatic hydroxyl groups excluding tert-OH is 2. The van der Waals surface area contributed by atoms with E-state index >= 15 is 0 Å². The van der Waals surface area contributed by atoms with Gasteiger partial charge in [-0.2, -0.15) is 10.1 Å². The number of aromatic nitrogens is 8. The molecule has 0 spiro atoms. The van der Waals surface area contributed by atoms with Gasteiger partial charge in [0.1, 0.15) is 47.7 Å². The highest BCUT2D eigenvalue weighted by atomic mass is 16.6. The normalized spacial score (nSPS) is 26.7. The summed E-state index contributed by atoms with van der Waals surface area (Å²) in [5.41, 5.74) is 24.3. The van der Waals surface area contributed by atoms with Crippen LogP contribution >= 0.6 is 0 Å². The van der Waals surface area contributed by atoms with Crippen LogP contribution in [0.25, 0.3) is 33.4 Å². The van der Waals surface area contributed by atoms with E-state index in [-0.39, 0.29) is 106 Å². The molecule has 3 aliphatic heterocycles. The maximum Gasteiger partial charge on any atom is 0.329 e. The predicted octanol–water partition coefficient (Wildman–Crippen LogP) is 6.26. The number of carbonyl (C=O) groups excluding carboxylic acids is 7. The first kappa shape index (κ1) is 98.9. The van der Waals surface area contributed by atoms with Crippen LogP contribution in [0.1, 0.15) is 169 Å². The van der Waals surface area contributed by atoms with Crippen molar-refractivity contribution in [2.75, 3.05) is 125 Å². The van der Waals surface area contributed by atoms with Crippen LogP contribution in [0.5, 0.6) is 0 Å². The maximum absolute atomic E-state index is 14.9. The van der Waals surface area contributed by atoms with Gasteiger partial charge in [0.25, 0.3) is 17.7 Å². The number of hydrogen-bond acceptors (Lipinski definition) is 30. The lowest BCUT2D eigenvalue weighted by molar-refractivity contribution is -0.265. The van der Waals surface area contributed by atoms with Crippen molar-refractivity contribution in [3.63, 3.8) is 0 Å². The first-order chi connectivity index (χ1) is 59.7. The zero-order valence-corrected chi connectivity index (χ0v) is 73.5. The number of nitrogen functional groups attached to an aromatic ring is 2. The summed E-state index contributed by atoms with van der Waals surface area (Å²) in [5, 5.41) is 58.0. The molecule has 36 heteroatoms. The number of carbonyl (C=O) groups is 7. The molecule has 4 amide bonds. The molecular formula is C88H133N15O21. The number of rotatable bonds is 38. The molecule has 686 valence electrons. The lowest BCUT2D eigenvalue weighted by atomic mass is 9.79. The third kappa shape index (κ3) is 29.3. The molecule has 0 unspecified atom stereocenters. The minimum absolute atomic E-state index is 0.0150. The molecule has 2 saturated heterocycles. The Morgan fingerprint density at radius 2 is 1.39 bits per heavy atom. The van der Waals surface area contributed by atoms with Gasteiger partial charge in [-0.1, -0.05) is 69.4 Å². The Hall–Kier alpha value is -8.89.